The molecule has 2 aromatic rings. The van der Waals surface area contributed by atoms with Gasteiger partial charge in [-0.25, -0.2) is 13.2 Å². The molecule has 0 fully saturated rings. The summed E-state index contributed by atoms with van der Waals surface area (Å²) in [7, 11) is 0. The number of benzene rings is 2. The third-order valence-corrected chi connectivity index (χ3v) is 3.49. The molecule has 0 aliphatic carbocycles. The maximum absolute atomic E-state index is 14.0. The monoisotopic (exact) mass is 313 g/mol. The molecular weight excluding hydrogens is 299 g/mol. The lowest BCUT2D eigenvalue weighted by atomic mass is 9.97. The first-order valence-corrected chi connectivity index (χ1v) is 7.04. The van der Waals surface area contributed by atoms with Crippen LogP contribution in [0.4, 0.5) is 13.2 Å². The van der Waals surface area contributed by atoms with Gasteiger partial charge in [0, 0.05) is 10.6 Å². The van der Waals surface area contributed by atoms with Gasteiger partial charge in [-0.2, -0.15) is 0 Å². The second-order valence-corrected chi connectivity index (χ2v) is 5.10. The number of rotatable bonds is 5. The van der Waals surface area contributed by atoms with Gasteiger partial charge in [0.05, 0.1) is 6.04 Å². The summed E-state index contributed by atoms with van der Waals surface area (Å²) < 4.78 is 41.2. The van der Waals surface area contributed by atoms with Crippen molar-refractivity contribution < 1.29 is 13.2 Å². The Balaban J connectivity index is 2.52. The summed E-state index contributed by atoms with van der Waals surface area (Å²) in [5, 5.41) is 3.19. The number of nitrogens with one attached hydrogen (secondary N) is 1. The number of hydrogen-bond acceptors (Lipinski definition) is 1. The van der Waals surface area contributed by atoms with Crippen LogP contribution in [0.1, 0.15) is 30.5 Å². The first kappa shape index (κ1) is 15.9. The second kappa shape index (κ2) is 6.96. The van der Waals surface area contributed by atoms with E-state index in [1.54, 1.807) is 0 Å². The molecule has 2 aromatic carbocycles. The summed E-state index contributed by atoms with van der Waals surface area (Å²) in [5.74, 6) is -1.82. The van der Waals surface area contributed by atoms with Crippen molar-refractivity contribution in [2.45, 2.75) is 19.4 Å². The normalized spacial score (nSPS) is 12.4. The quantitative estimate of drug-likeness (QED) is 0.832. The Labute approximate surface area is 126 Å². The Kier molecular flexibility index (Phi) is 5.26. The van der Waals surface area contributed by atoms with E-state index in [0.29, 0.717) is 12.1 Å². The summed E-state index contributed by atoms with van der Waals surface area (Å²) in [6.45, 7) is 2.49. The lowest BCUT2D eigenvalue weighted by Gasteiger charge is -2.21. The molecule has 0 saturated heterocycles. The van der Waals surface area contributed by atoms with Gasteiger partial charge in [0.25, 0.3) is 0 Å². The smallest absolute Gasteiger partial charge is 0.131 e. The van der Waals surface area contributed by atoms with E-state index in [9.17, 15) is 13.2 Å². The van der Waals surface area contributed by atoms with Crippen LogP contribution in [0, 0.1) is 17.5 Å². The average molecular weight is 314 g/mol. The van der Waals surface area contributed by atoms with Crippen LogP contribution >= 0.6 is 11.6 Å². The zero-order valence-corrected chi connectivity index (χ0v) is 12.2. The molecular formula is C16H15ClF3N. The van der Waals surface area contributed by atoms with Crippen LogP contribution in [0.3, 0.4) is 0 Å². The van der Waals surface area contributed by atoms with Gasteiger partial charge >= 0.3 is 0 Å². The molecule has 21 heavy (non-hydrogen) atoms. The summed E-state index contributed by atoms with van der Waals surface area (Å²) in [4.78, 5) is 0. The van der Waals surface area contributed by atoms with E-state index in [1.165, 1.54) is 30.3 Å². The van der Waals surface area contributed by atoms with Crippen LogP contribution in [0.2, 0.25) is 5.02 Å². The SMILES string of the molecule is CCCNC(c1ccc(F)cc1Cl)c1c(F)cccc1F. The Bertz CT molecular complexity index is 611. The molecule has 0 heterocycles. The third kappa shape index (κ3) is 3.57. The fraction of sp³-hybridized carbons (Fsp3) is 0.250. The van der Waals surface area contributed by atoms with Gasteiger partial charge in [0.1, 0.15) is 17.5 Å². The minimum atomic E-state index is -0.765. The topological polar surface area (TPSA) is 12.0 Å². The summed E-state index contributed by atoms with van der Waals surface area (Å²) in [6, 6.07) is 6.72. The highest BCUT2D eigenvalue weighted by Crippen LogP contribution is 2.31. The van der Waals surface area contributed by atoms with E-state index in [4.69, 9.17) is 11.6 Å². The van der Waals surface area contributed by atoms with Gasteiger partial charge in [0.15, 0.2) is 0 Å². The second-order valence-electron chi connectivity index (χ2n) is 4.69. The fourth-order valence-corrected chi connectivity index (χ4v) is 2.45. The lowest BCUT2D eigenvalue weighted by Crippen LogP contribution is -2.25. The maximum Gasteiger partial charge on any atom is 0.131 e. The molecule has 0 aliphatic heterocycles. The van der Waals surface area contributed by atoms with Crippen molar-refractivity contribution in [3.63, 3.8) is 0 Å². The van der Waals surface area contributed by atoms with Crippen molar-refractivity contribution in [1.82, 2.24) is 5.32 Å². The van der Waals surface area contributed by atoms with Crippen LogP contribution in [0.25, 0.3) is 0 Å². The molecule has 0 saturated carbocycles. The van der Waals surface area contributed by atoms with Gasteiger partial charge in [-0.3, -0.25) is 0 Å². The molecule has 2 rings (SSSR count). The molecule has 1 N–H and O–H groups in total. The molecule has 1 unspecified atom stereocenters. The van der Waals surface area contributed by atoms with Crippen molar-refractivity contribution in [2.75, 3.05) is 6.54 Å². The van der Waals surface area contributed by atoms with E-state index < -0.39 is 23.5 Å². The van der Waals surface area contributed by atoms with Gasteiger partial charge in [0.2, 0.25) is 0 Å². The van der Waals surface area contributed by atoms with Crippen LogP contribution < -0.4 is 5.32 Å². The van der Waals surface area contributed by atoms with Crippen LogP contribution in [-0.4, -0.2) is 6.54 Å². The summed E-state index contributed by atoms with van der Waals surface area (Å²) in [5.41, 5.74) is 0.329. The molecule has 5 heteroatoms. The molecule has 112 valence electrons. The highest BCUT2D eigenvalue weighted by atomic mass is 35.5. The lowest BCUT2D eigenvalue weighted by molar-refractivity contribution is 0.502. The zero-order chi connectivity index (χ0) is 15.4. The predicted octanol–water partition coefficient (Wildman–Crippen LogP) is 4.85. The Morgan fingerprint density at radius 1 is 1.10 bits per heavy atom. The van der Waals surface area contributed by atoms with Crippen molar-refractivity contribution in [2.24, 2.45) is 0 Å². The molecule has 1 nitrogen and oxygen atoms in total. The van der Waals surface area contributed by atoms with E-state index in [1.807, 2.05) is 6.92 Å². The van der Waals surface area contributed by atoms with Crippen molar-refractivity contribution in [1.29, 1.82) is 0 Å². The number of halogens is 4. The third-order valence-electron chi connectivity index (χ3n) is 3.16. The van der Waals surface area contributed by atoms with Gasteiger partial charge in [-0.15, -0.1) is 0 Å². The van der Waals surface area contributed by atoms with Crippen LogP contribution in [0.5, 0.6) is 0 Å². The Morgan fingerprint density at radius 3 is 2.33 bits per heavy atom. The van der Waals surface area contributed by atoms with Crippen molar-refractivity contribution >= 4 is 11.6 Å². The highest BCUT2D eigenvalue weighted by molar-refractivity contribution is 6.31. The molecule has 0 amide bonds. The molecule has 1 atom stereocenters. The predicted molar refractivity (Wildman–Crippen MR) is 77.9 cm³/mol. The minimum Gasteiger partial charge on any atom is -0.306 e. The Morgan fingerprint density at radius 2 is 1.76 bits per heavy atom. The fourth-order valence-electron chi connectivity index (χ4n) is 2.18. The first-order valence-electron chi connectivity index (χ1n) is 6.66. The largest absolute Gasteiger partial charge is 0.306 e. The van der Waals surface area contributed by atoms with Gasteiger partial charge in [-0.05, 0) is 42.8 Å². The van der Waals surface area contributed by atoms with E-state index >= 15 is 0 Å². The van der Waals surface area contributed by atoms with Gasteiger partial charge in [-0.1, -0.05) is 30.7 Å². The van der Waals surface area contributed by atoms with Gasteiger partial charge < -0.3 is 5.32 Å². The number of hydrogen-bond donors (Lipinski definition) is 1. The maximum atomic E-state index is 14.0. The van der Waals surface area contributed by atoms with E-state index in [0.717, 1.165) is 12.5 Å². The average Bonchev–Trinajstić information content (AvgIpc) is 2.43. The minimum absolute atomic E-state index is 0.112. The highest BCUT2D eigenvalue weighted by Gasteiger charge is 2.23. The molecule has 0 aromatic heterocycles. The Hall–Kier alpha value is -1.52. The zero-order valence-electron chi connectivity index (χ0n) is 11.5. The summed E-state index contributed by atoms with van der Waals surface area (Å²) >= 11 is 6.03. The first-order chi connectivity index (χ1) is 10.0. The van der Waals surface area contributed by atoms with Crippen LogP contribution in [0.15, 0.2) is 36.4 Å². The van der Waals surface area contributed by atoms with E-state index in [2.05, 4.69) is 5.32 Å². The molecule has 0 aliphatic rings. The van der Waals surface area contributed by atoms with Crippen LogP contribution in [-0.2, 0) is 0 Å². The van der Waals surface area contributed by atoms with E-state index in [-0.39, 0.29) is 10.6 Å². The summed E-state index contributed by atoms with van der Waals surface area (Å²) in [6.07, 6.45) is 0.783. The van der Waals surface area contributed by atoms with Crippen molar-refractivity contribution in [3.8, 4) is 0 Å². The molecule has 0 bridgehead atoms. The standard InChI is InChI=1S/C16H15ClF3N/c1-2-8-21-16(11-7-6-10(18)9-12(11)17)15-13(19)4-3-5-14(15)20/h3-7,9,16,21H,2,8H2,1H3. The van der Waals surface area contributed by atoms with Crippen molar-refractivity contribution in [3.05, 3.63) is 70.0 Å². The molecule has 0 spiro atoms. The molecule has 0 radical (unpaired) electrons.